The highest BCUT2D eigenvalue weighted by Gasteiger charge is 2.18. The van der Waals surface area contributed by atoms with Gasteiger partial charge in [-0.3, -0.25) is 0 Å². The fourth-order valence-corrected chi connectivity index (χ4v) is 2.84. The zero-order valence-corrected chi connectivity index (χ0v) is 15.8. The maximum Gasteiger partial charge on any atom is 0.203 e. The number of rotatable bonds is 7. The number of methoxy groups -OCH3 is 4. The highest BCUT2D eigenvalue weighted by atomic mass is 16.5. The molecule has 9 nitrogen and oxygen atoms in total. The number of hydrogen-bond acceptors (Lipinski definition) is 8. The summed E-state index contributed by atoms with van der Waals surface area (Å²) in [6, 6.07) is 8.12. The Morgan fingerprint density at radius 2 is 1.57 bits per heavy atom. The van der Waals surface area contributed by atoms with Gasteiger partial charge in [-0.15, -0.1) is 5.10 Å². The summed E-state index contributed by atoms with van der Waals surface area (Å²) in [7, 11) is 5.93. The molecule has 0 atom stereocenters. The summed E-state index contributed by atoms with van der Waals surface area (Å²) in [5.74, 6) is 0.201. The van der Waals surface area contributed by atoms with Crippen LogP contribution in [0, 0.1) is 0 Å². The second-order valence-corrected chi connectivity index (χ2v) is 5.62. The van der Waals surface area contributed by atoms with Gasteiger partial charge >= 0.3 is 0 Å². The van der Waals surface area contributed by atoms with E-state index in [9.17, 15) is 9.90 Å². The van der Waals surface area contributed by atoms with Gasteiger partial charge in [-0.05, 0) is 18.2 Å². The van der Waals surface area contributed by atoms with Gasteiger partial charge in [-0.25, -0.2) is 4.68 Å². The number of carboxylic acid groups (broad SMARTS) is 1. The average Bonchev–Trinajstić information content (AvgIpc) is 3.21. The molecule has 0 saturated heterocycles. The summed E-state index contributed by atoms with van der Waals surface area (Å²) in [5, 5.41) is 19.5. The number of carbonyl (C=O) groups excluding carboxylic acids is 1. The molecule has 0 fully saturated rings. The fraction of sp³-hybridized carbons (Fsp3) is 0.211. The summed E-state index contributed by atoms with van der Waals surface area (Å²) in [6.45, 7) is 0. The van der Waals surface area contributed by atoms with Gasteiger partial charge in [-0.1, -0.05) is 5.21 Å². The molecule has 0 saturated carbocycles. The van der Waals surface area contributed by atoms with Gasteiger partial charge in [0.15, 0.2) is 11.5 Å². The largest absolute Gasteiger partial charge is 0.545 e. The molecule has 0 aliphatic carbocycles. The molecule has 0 aliphatic rings. The maximum absolute atomic E-state index is 11.4. The van der Waals surface area contributed by atoms with Gasteiger partial charge in [-0.2, -0.15) is 0 Å². The van der Waals surface area contributed by atoms with E-state index in [1.807, 2.05) is 0 Å². The minimum absolute atomic E-state index is 0.0716. The van der Waals surface area contributed by atoms with E-state index in [1.54, 1.807) is 24.3 Å². The van der Waals surface area contributed by atoms with Gasteiger partial charge in [0.05, 0.1) is 52.0 Å². The molecule has 146 valence electrons. The molecular weight excluding hydrogens is 366 g/mol. The Morgan fingerprint density at radius 3 is 2.11 bits per heavy atom. The van der Waals surface area contributed by atoms with Crippen LogP contribution in [-0.4, -0.2) is 49.4 Å². The first kappa shape index (κ1) is 19.0. The van der Waals surface area contributed by atoms with Crippen LogP contribution in [0.5, 0.6) is 23.0 Å². The molecule has 28 heavy (non-hydrogen) atoms. The van der Waals surface area contributed by atoms with Crippen molar-refractivity contribution in [2.45, 2.75) is 0 Å². The van der Waals surface area contributed by atoms with Crippen molar-refractivity contribution in [1.29, 1.82) is 0 Å². The number of aromatic nitrogens is 3. The molecule has 0 unspecified atom stereocenters. The molecule has 0 N–H and O–H groups in total. The Labute approximate surface area is 161 Å². The quantitative estimate of drug-likeness (QED) is 0.600. The van der Waals surface area contributed by atoms with Gasteiger partial charge in [0, 0.05) is 23.3 Å². The van der Waals surface area contributed by atoms with Gasteiger partial charge < -0.3 is 28.8 Å². The lowest BCUT2D eigenvalue weighted by molar-refractivity contribution is -0.255. The van der Waals surface area contributed by atoms with Gasteiger partial charge in [0.25, 0.3) is 0 Å². The monoisotopic (exact) mass is 384 g/mol. The van der Waals surface area contributed by atoms with Crippen LogP contribution in [0.3, 0.4) is 0 Å². The standard InChI is InChI=1S/C19H19N3O6/c1-25-15-6-5-11(7-13(15)19(23)24)14-10-20-21-22(14)12-8-16(26-2)18(28-4)17(9-12)27-3/h5-10H,1-4H3,(H,23,24)/p-1. The zero-order chi connectivity index (χ0) is 20.3. The predicted octanol–water partition coefficient (Wildman–Crippen LogP) is 1.33. The van der Waals surface area contributed by atoms with Crippen molar-refractivity contribution in [2.24, 2.45) is 0 Å². The third kappa shape index (κ3) is 3.29. The molecule has 0 amide bonds. The fourth-order valence-electron chi connectivity index (χ4n) is 2.84. The molecule has 3 aromatic rings. The SMILES string of the molecule is COc1ccc(-c2cnnn2-c2cc(OC)c(OC)c(OC)c2)cc1C(=O)[O-]. The zero-order valence-electron chi connectivity index (χ0n) is 15.8. The third-order valence-corrected chi connectivity index (χ3v) is 4.16. The number of ether oxygens (including phenoxy) is 4. The van der Waals surface area contributed by atoms with Crippen molar-refractivity contribution >= 4 is 5.97 Å². The number of hydrogen-bond donors (Lipinski definition) is 0. The van der Waals surface area contributed by atoms with E-state index in [1.165, 1.54) is 45.4 Å². The molecule has 0 spiro atoms. The van der Waals surface area contributed by atoms with Crippen LogP contribution in [-0.2, 0) is 0 Å². The highest BCUT2D eigenvalue weighted by molar-refractivity contribution is 5.91. The van der Waals surface area contributed by atoms with E-state index in [0.29, 0.717) is 34.2 Å². The van der Waals surface area contributed by atoms with Crippen molar-refractivity contribution in [3.8, 4) is 39.9 Å². The van der Waals surface area contributed by atoms with Gasteiger partial charge in [0.1, 0.15) is 5.75 Å². The summed E-state index contributed by atoms with van der Waals surface area (Å²) in [5.41, 5.74) is 1.64. The summed E-state index contributed by atoms with van der Waals surface area (Å²) < 4.78 is 22.7. The summed E-state index contributed by atoms with van der Waals surface area (Å²) in [6.07, 6.45) is 1.52. The van der Waals surface area contributed by atoms with Crippen LogP contribution in [0.15, 0.2) is 36.5 Å². The first-order valence-corrected chi connectivity index (χ1v) is 8.14. The smallest absolute Gasteiger partial charge is 0.203 e. The summed E-state index contributed by atoms with van der Waals surface area (Å²) in [4.78, 5) is 11.4. The normalized spacial score (nSPS) is 10.4. The first-order chi connectivity index (χ1) is 13.5. The number of aromatic carboxylic acids is 1. The van der Waals surface area contributed by atoms with Crippen LogP contribution >= 0.6 is 0 Å². The number of benzene rings is 2. The van der Waals surface area contributed by atoms with E-state index in [-0.39, 0.29) is 11.3 Å². The Bertz CT molecular complexity index is 990. The topological polar surface area (TPSA) is 108 Å². The molecular formula is C19H18N3O6-. The second kappa shape index (κ2) is 7.87. The Balaban J connectivity index is 2.16. The van der Waals surface area contributed by atoms with E-state index in [4.69, 9.17) is 18.9 Å². The summed E-state index contributed by atoms with van der Waals surface area (Å²) >= 11 is 0. The molecule has 0 radical (unpaired) electrons. The molecule has 2 aromatic carbocycles. The Morgan fingerprint density at radius 1 is 0.929 bits per heavy atom. The minimum atomic E-state index is -1.34. The Hall–Kier alpha value is -3.75. The second-order valence-electron chi connectivity index (χ2n) is 5.62. The number of carbonyl (C=O) groups is 1. The van der Waals surface area contributed by atoms with Gasteiger partial charge in [0.2, 0.25) is 5.75 Å². The van der Waals surface area contributed by atoms with Crippen molar-refractivity contribution in [3.05, 3.63) is 42.1 Å². The lowest BCUT2D eigenvalue weighted by Crippen LogP contribution is -2.23. The molecule has 9 heteroatoms. The van der Waals surface area contributed by atoms with Crippen LogP contribution in [0.25, 0.3) is 16.9 Å². The van der Waals surface area contributed by atoms with Crippen molar-refractivity contribution in [1.82, 2.24) is 15.0 Å². The molecule has 3 rings (SSSR count). The molecule has 1 aromatic heterocycles. The molecule has 0 aliphatic heterocycles. The van der Waals surface area contributed by atoms with E-state index >= 15 is 0 Å². The average molecular weight is 384 g/mol. The maximum atomic E-state index is 11.4. The Kier molecular flexibility index (Phi) is 5.35. The van der Waals surface area contributed by atoms with E-state index < -0.39 is 5.97 Å². The lowest BCUT2D eigenvalue weighted by atomic mass is 10.1. The molecule has 0 bridgehead atoms. The van der Waals surface area contributed by atoms with Crippen LogP contribution in [0.2, 0.25) is 0 Å². The molecule has 1 heterocycles. The van der Waals surface area contributed by atoms with Crippen molar-refractivity contribution < 1.29 is 28.8 Å². The van der Waals surface area contributed by atoms with Crippen LogP contribution in [0.4, 0.5) is 0 Å². The van der Waals surface area contributed by atoms with Crippen molar-refractivity contribution in [3.63, 3.8) is 0 Å². The van der Waals surface area contributed by atoms with Crippen molar-refractivity contribution in [2.75, 3.05) is 28.4 Å². The van der Waals surface area contributed by atoms with Crippen LogP contribution < -0.4 is 24.1 Å². The number of carboxylic acids is 1. The minimum Gasteiger partial charge on any atom is -0.545 e. The third-order valence-electron chi connectivity index (χ3n) is 4.16. The van der Waals surface area contributed by atoms with Crippen LogP contribution in [0.1, 0.15) is 10.4 Å². The van der Waals surface area contributed by atoms with E-state index in [0.717, 1.165) is 0 Å². The predicted molar refractivity (Wildman–Crippen MR) is 97.3 cm³/mol. The van der Waals surface area contributed by atoms with E-state index in [2.05, 4.69) is 10.3 Å². The first-order valence-electron chi connectivity index (χ1n) is 8.14. The highest BCUT2D eigenvalue weighted by Crippen LogP contribution is 2.40. The number of nitrogens with zero attached hydrogens (tertiary/aromatic N) is 3. The lowest BCUT2D eigenvalue weighted by Gasteiger charge is -2.15.